The van der Waals surface area contributed by atoms with Crippen LogP contribution in [0.5, 0.6) is 0 Å². The lowest BCUT2D eigenvalue weighted by molar-refractivity contribution is -0.154. The molecule has 0 spiro atoms. The van der Waals surface area contributed by atoms with Crippen molar-refractivity contribution in [3.63, 3.8) is 0 Å². The molecule has 0 radical (unpaired) electrons. The molecule has 0 aromatic heterocycles. The average molecular weight is 438 g/mol. The Labute approximate surface area is 155 Å². The van der Waals surface area contributed by atoms with Gasteiger partial charge in [-0.3, -0.25) is 4.79 Å². The molecule has 0 bridgehead atoms. The quantitative estimate of drug-likeness (QED) is 0.408. The van der Waals surface area contributed by atoms with Crippen molar-refractivity contribution in [2.24, 2.45) is 0 Å². The number of hydrogen-bond donors (Lipinski definition) is 1. The average Bonchev–Trinajstić information content (AvgIpc) is 2.60. The maximum atomic E-state index is 12.6. The minimum atomic E-state index is -1.37. The maximum absolute atomic E-state index is 12.6. The molecule has 2 aromatic carbocycles. The second-order valence-corrected chi connectivity index (χ2v) is 6.59. The number of carbonyl (C=O) groups excluding carboxylic acids is 2. The van der Waals surface area contributed by atoms with Crippen molar-refractivity contribution in [3.8, 4) is 0 Å². The summed E-state index contributed by atoms with van der Waals surface area (Å²) in [7, 11) is 0. The molecule has 1 N–H and O–H groups in total. The fraction of sp³-hybridized carbons (Fsp3) is 0.263. The van der Waals surface area contributed by atoms with Crippen molar-refractivity contribution in [1.29, 1.82) is 0 Å². The van der Waals surface area contributed by atoms with Crippen LogP contribution in [-0.4, -0.2) is 29.6 Å². The van der Waals surface area contributed by atoms with E-state index in [-0.39, 0.29) is 18.8 Å². The fourth-order valence-corrected chi connectivity index (χ4v) is 2.82. The van der Waals surface area contributed by atoms with Crippen molar-refractivity contribution in [1.82, 2.24) is 0 Å². The highest BCUT2D eigenvalue weighted by atomic mass is 127. The smallest absolute Gasteiger partial charge is 0.335 e. The molecule has 2 atom stereocenters. The SMILES string of the molecule is CCOC(=O)[C@H](O)[C@H](CC(=O)c1ccc(I)cc1)c1ccccc1. The predicted molar refractivity (Wildman–Crippen MR) is 99.9 cm³/mol. The Bertz CT molecular complexity index is 682. The Morgan fingerprint density at radius 1 is 1.08 bits per heavy atom. The largest absolute Gasteiger partial charge is 0.464 e. The summed E-state index contributed by atoms with van der Waals surface area (Å²) in [4.78, 5) is 24.5. The highest BCUT2D eigenvalue weighted by molar-refractivity contribution is 14.1. The summed E-state index contributed by atoms with van der Waals surface area (Å²) in [5.74, 6) is -1.47. The summed E-state index contributed by atoms with van der Waals surface area (Å²) < 4.78 is 5.95. The molecular formula is C19H19IO4. The normalized spacial score (nSPS) is 13.1. The lowest BCUT2D eigenvalue weighted by Gasteiger charge is -2.21. The summed E-state index contributed by atoms with van der Waals surface area (Å²) in [5, 5.41) is 10.4. The molecule has 0 amide bonds. The zero-order valence-electron chi connectivity index (χ0n) is 13.3. The van der Waals surface area contributed by atoms with Crippen molar-refractivity contribution < 1.29 is 19.4 Å². The molecule has 4 nitrogen and oxygen atoms in total. The molecule has 0 saturated heterocycles. The first-order chi connectivity index (χ1) is 11.5. The van der Waals surface area contributed by atoms with Crippen LogP contribution in [0.15, 0.2) is 54.6 Å². The van der Waals surface area contributed by atoms with Gasteiger partial charge in [0, 0.05) is 21.5 Å². The Hall–Kier alpha value is -1.73. The van der Waals surface area contributed by atoms with Crippen LogP contribution in [0.4, 0.5) is 0 Å². The molecule has 0 unspecified atom stereocenters. The van der Waals surface area contributed by atoms with E-state index in [2.05, 4.69) is 22.6 Å². The zero-order chi connectivity index (χ0) is 17.5. The van der Waals surface area contributed by atoms with Crippen LogP contribution in [0.3, 0.4) is 0 Å². The molecule has 0 aliphatic carbocycles. The summed E-state index contributed by atoms with van der Waals surface area (Å²) >= 11 is 2.17. The van der Waals surface area contributed by atoms with Gasteiger partial charge in [0.25, 0.3) is 0 Å². The minimum Gasteiger partial charge on any atom is -0.464 e. The second-order valence-electron chi connectivity index (χ2n) is 5.35. The first kappa shape index (κ1) is 18.6. The van der Waals surface area contributed by atoms with Crippen LogP contribution in [0.2, 0.25) is 0 Å². The molecule has 2 aromatic rings. The molecule has 0 aliphatic rings. The fourth-order valence-electron chi connectivity index (χ4n) is 2.46. The molecule has 126 valence electrons. The number of halogens is 1. The van der Waals surface area contributed by atoms with Crippen LogP contribution in [0.25, 0.3) is 0 Å². The zero-order valence-corrected chi connectivity index (χ0v) is 15.5. The molecule has 24 heavy (non-hydrogen) atoms. The van der Waals surface area contributed by atoms with Crippen molar-refractivity contribution >= 4 is 34.3 Å². The Morgan fingerprint density at radius 2 is 1.71 bits per heavy atom. The highest BCUT2D eigenvalue weighted by Gasteiger charge is 2.30. The van der Waals surface area contributed by atoms with E-state index in [4.69, 9.17) is 4.74 Å². The van der Waals surface area contributed by atoms with Gasteiger partial charge < -0.3 is 9.84 Å². The highest BCUT2D eigenvalue weighted by Crippen LogP contribution is 2.26. The van der Waals surface area contributed by atoms with Gasteiger partial charge in [0.1, 0.15) is 0 Å². The van der Waals surface area contributed by atoms with E-state index in [1.165, 1.54) is 0 Å². The van der Waals surface area contributed by atoms with E-state index < -0.39 is 18.0 Å². The molecular weight excluding hydrogens is 419 g/mol. The van der Waals surface area contributed by atoms with E-state index in [0.29, 0.717) is 5.56 Å². The third-order valence-corrected chi connectivity index (χ3v) is 4.43. The monoisotopic (exact) mass is 438 g/mol. The molecule has 0 heterocycles. The number of carbonyl (C=O) groups is 2. The minimum absolute atomic E-state index is 0.0323. The molecule has 2 rings (SSSR count). The Balaban J connectivity index is 2.24. The van der Waals surface area contributed by atoms with Gasteiger partial charge >= 0.3 is 5.97 Å². The van der Waals surface area contributed by atoms with E-state index in [9.17, 15) is 14.7 Å². The van der Waals surface area contributed by atoms with Gasteiger partial charge in [-0.2, -0.15) is 0 Å². The molecule has 0 saturated carbocycles. The number of esters is 1. The molecule has 0 aliphatic heterocycles. The number of aliphatic hydroxyl groups excluding tert-OH is 1. The van der Waals surface area contributed by atoms with Gasteiger partial charge in [0.05, 0.1) is 6.61 Å². The number of ketones is 1. The summed E-state index contributed by atoms with van der Waals surface area (Å²) in [6.07, 6.45) is -1.34. The van der Waals surface area contributed by atoms with Crippen LogP contribution in [0, 0.1) is 3.57 Å². The van der Waals surface area contributed by atoms with Crippen LogP contribution < -0.4 is 0 Å². The summed E-state index contributed by atoms with van der Waals surface area (Å²) in [5.41, 5.74) is 1.30. The van der Waals surface area contributed by atoms with Gasteiger partial charge in [-0.15, -0.1) is 0 Å². The first-order valence-corrected chi connectivity index (χ1v) is 8.79. The number of benzene rings is 2. The number of rotatable bonds is 7. The second kappa shape index (κ2) is 8.94. The van der Waals surface area contributed by atoms with Crippen molar-refractivity contribution in [2.75, 3.05) is 6.61 Å². The van der Waals surface area contributed by atoms with Crippen molar-refractivity contribution in [2.45, 2.75) is 25.4 Å². The molecule has 5 heteroatoms. The standard InChI is InChI=1S/C19H19IO4/c1-2-24-19(23)18(22)16(13-6-4-3-5-7-13)12-17(21)14-8-10-15(20)11-9-14/h3-11,16,18,22H,2,12H2,1H3/t16-,18-/m1/s1. The lowest BCUT2D eigenvalue weighted by Crippen LogP contribution is -2.31. The number of ether oxygens (including phenoxy) is 1. The van der Waals surface area contributed by atoms with E-state index in [1.807, 2.05) is 30.3 Å². The van der Waals surface area contributed by atoms with Gasteiger partial charge in [0.2, 0.25) is 0 Å². The molecule has 0 fully saturated rings. The topological polar surface area (TPSA) is 63.6 Å². The van der Waals surface area contributed by atoms with Crippen molar-refractivity contribution in [3.05, 3.63) is 69.3 Å². The lowest BCUT2D eigenvalue weighted by atomic mass is 9.87. The maximum Gasteiger partial charge on any atom is 0.335 e. The number of hydrogen-bond acceptors (Lipinski definition) is 4. The van der Waals surface area contributed by atoms with E-state index in [1.54, 1.807) is 31.2 Å². The van der Waals surface area contributed by atoms with E-state index in [0.717, 1.165) is 9.13 Å². The first-order valence-electron chi connectivity index (χ1n) is 7.71. The number of aliphatic hydroxyl groups is 1. The third kappa shape index (κ3) is 4.88. The number of Topliss-reactive ketones (excluding diaryl/α,β-unsaturated/α-hetero) is 1. The summed E-state index contributed by atoms with van der Waals surface area (Å²) in [6, 6.07) is 16.3. The Morgan fingerprint density at radius 3 is 2.29 bits per heavy atom. The van der Waals surface area contributed by atoms with Crippen LogP contribution >= 0.6 is 22.6 Å². The van der Waals surface area contributed by atoms with Crippen LogP contribution in [0.1, 0.15) is 35.2 Å². The predicted octanol–water partition coefficient (Wildman–Crippen LogP) is 3.57. The van der Waals surface area contributed by atoms with Gasteiger partial charge in [-0.05, 0) is 47.2 Å². The third-order valence-electron chi connectivity index (χ3n) is 3.71. The van der Waals surface area contributed by atoms with Gasteiger partial charge in [-0.1, -0.05) is 42.5 Å². The Kier molecular flexibility index (Phi) is 6.93. The summed E-state index contributed by atoms with van der Waals surface area (Å²) in [6.45, 7) is 1.86. The van der Waals surface area contributed by atoms with Gasteiger partial charge in [-0.25, -0.2) is 4.79 Å². The van der Waals surface area contributed by atoms with Crippen LogP contribution in [-0.2, 0) is 9.53 Å². The van der Waals surface area contributed by atoms with E-state index >= 15 is 0 Å². The van der Waals surface area contributed by atoms with Gasteiger partial charge in [0.15, 0.2) is 11.9 Å².